The van der Waals surface area contributed by atoms with Crippen molar-refractivity contribution in [3.63, 3.8) is 0 Å². The molecule has 7 nitrogen and oxygen atoms in total. The largest absolute Gasteiger partial charge is 0.445 e. The molecule has 0 aliphatic carbocycles. The average Bonchev–Trinajstić information content (AvgIpc) is 2.92. The van der Waals surface area contributed by atoms with E-state index in [1.54, 1.807) is 6.20 Å². The van der Waals surface area contributed by atoms with Crippen molar-refractivity contribution in [2.75, 3.05) is 19.4 Å². The van der Waals surface area contributed by atoms with Crippen LogP contribution >= 0.6 is 0 Å². The van der Waals surface area contributed by atoms with Crippen LogP contribution in [0.1, 0.15) is 18.5 Å². The fourth-order valence-electron chi connectivity index (χ4n) is 2.76. The van der Waals surface area contributed by atoms with E-state index < -0.39 is 22.3 Å². The highest BCUT2D eigenvalue weighted by atomic mass is 32.2. The number of nitrogens with zero attached hydrogens (tertiary/aromatic N) is 2. The summed E-state index contributed by atoms with van der Waals surface area (Å²) in [6.45, 7) is 3.81. The normalized spacial score (nSPS) is 20.8. The second-order valence-corrected chi connectivity index (χ2v) is 7.29. The SMILES string of the molecule is C=CCOC(=O)N1C[C@H](OS(C)(=O)=O)C[C@H]1CCc1ccccn1. The summed E-state index contributed by atoms with van der Waals surface area (Å²) in [5.74, 6) is 0. The number of carbonyl (C=O) groups excluding carboxylic acids is 1. The Balaban J connectivity index is 2.02. The minimum Gasteiger partial charge on any atom is -0.445 e. The van der Waals surface area contributed by atoms with Crippen molar-refractivity contribution in [1.29, 1.82) is 0 Å². The number of hydrogen-bond acceptors (Lipinski definition) is 6. The Morgan fingerprint density at radius 2 is 2.29 bits per heavy atom. The molecule has 1 amide bonds. The van der Waals surface area contributed by atoms with E-state index in [1.807, 2.05) is 18.2 Å². The van der Waals surface area contributed by atoms with Gasteiger partial charge in [0.2, 0.25) is 0 Å². The van der Waals surface area contributed by atoms with Gasteiger partial charge in [-0.2, -0.15) is 8.42 Å². The molecule has 0 unspecified atom stereocenters. The van der Waals surface area contributed by atoms with Crippen molar-refractivity contribution < 1.29 is 22.1 Å². The highest BCUT2D eigenvalue weighted by Gasteiger charge is 2.38. The molecule has 1 saturated heterocycles. The highest BCUT2D eigenvalue weighted by molar-refractivity contribution is 7.86. The van der Waals surface area contributed by atoms with Crippen molar-refractivity contribution >= 4 is 16.2 Å². The van der Waals surface area contributed by atoms with Crippen LogP contribution in [0.25, 0.3) is 0 Å². The Hall–Kier alpha value is -1.93. The van der Waals surface area contributed by atoms with Gasteiger partial charge in [-0.25, -0.2) is 4.79 Å². The molecule has 1 aliphatic rings. The van der Waals surface area contributed by atoms with Gasteiger partial charge in [0.15, 0.2) is 0 Å². The fraction of sp³-hybridized carbons (Fsp3) is 0.500. The van der Waals surface area contributed by atoms with Crippen LogP contribution < -0.4 is 0 Å². The summed E-state index contributed by atoms with van der Waals surface area (Å²) in [4.78, 5) is 18.0. The molecule has 0 N–H and O–H groups in total. The summed E-state index contributed by atoms with van der Waals surface area (Å²) < 4.78 is 32.8. The lowest BCUT2D eigenvalue weighted by Crippen LogP contribution is -2.37. The zero-order chi connectivity index (χ0) is 17.6. The van der Waals surface area contributed by atoms with E-state index in [1.165, 1.54) is 11.0 Å². The summed E-state index contributed by atoms with van der Waals surface area (Å²) in [5.41, 5.74) is 0.921. The minimum absolute atomic E-state index is 0.111. The van der Waals surface area contributed by atoms with Gasteiger partial charge in [0.1, 0.15) is 6.61 Å². The van der Waals surface area contributed by atoms with Crippen molar-refractivity contribution in [3.05, 3.63) is 42.7 Å². The summed E-state index contributed by atoms with van der Waals surface area (Å²) in [6, 6.07) is 5.51. The summed E-state index contributed by atoms with van der Waals surface area (Å²) in [6.07, 6.45) is 4.96. The lowest BCUT2D eigenvalue weighted by molar-refractivity contribution is 0.103. The van der Waals surface area contributed by atoms with Gasteiger partial charge in [0, 0.05) is 17.9 Å². The predicted molar refractivity (Wildman–Crippen MR) is 88.9 cm³/mol. The van der Waals surface area contributed by atoms with Gasteiger partial charge >= 0.3 is 6.09 Å². The quantitative estimate of drug-likeness (QED) is 0.548. The lowest BCUT2D eigenvalue weighted by atomic mass is 10.1. The maximum atomic E-state index is 12.2. The van der Waals surface area contributed by atoms with Gasteiger partial charge in [-0.3, -0.25) is 9.17 Å². The van der Waals surface area contributed by atoms with E-state index in [4.69, 9.17) is 8.92 Å². The van der Waals surface area contributed by atoms with Crippen LogP contribution in [0.15, 0.2) is 37.1 Å². The maximum Gasteiger partial charge on any atom is 0.410 e. The smallest absolute Gasteiger partial charge is 0.410 e. The minimum atomic E-state index is -3.57. The maximum absolute atomic E-state index is 12.2. The van der Waals surface area contributed by atoms with Gasteiger partial charge in [-0.05, 0) is 31.4 Å². The molecule has 1 aliphatic heterocycles. The number of likely N-dealkylation sites (tertiary alicyclic amines) is 1. The molecule has 0 spiro atoms. The summed E-state index contributed by atoms with van der Waals surface area (Å²) in [5, 5.41) is 0. The first-order valence-electron chi connectivity index (χ1n) is 7.71. The number of ether oxygens (including phenoxy) is 1. The molecule has 8 heteroatoms. The Bertz CT molecular complexity index is 662. The van der Waals surface area contributed by atoms with E-state index in [0.717, 1.165) is 11.9 Å². The van der Waals surface area contributed by atoms with Crippen molar-refractivity contribution in [2.45, 2.75) is 31.4 Å². The van der Waals surface area contributed by atoms with Crippen LogP contribution in [0.3, 0.4) is 0 Å². The molecule has 1 fully saturated rings. The first-order valence-corrected chi connectivity index (χ1v) is 9.53. The van der Waals surface area contributed by atoms with E-state index in [9.17, 15) is 13.2 Å². The van der Waals surface area contributed by atoms with E-state index in [-0.39, 0.29) is 19.2 Å². The third kappa shape index (κ3) is 5.61. The van der Waals surface area contributed by atoms with Crippen molar-refractivity contribution in [2.24, 2.45) is 0 Å². The second-order valence-electron chi connectivity index (χ2n) is 5.69. The number of rotatable bonds is 7. The Morgan fingerprint density at radius 3 is 2.92 bits per heavy atom. The van der Waals surface area contributed by atoms with Gasteiger partial charge in [-0.1, -0.05) is 18.7 Å². The molecule has 0 saturated carbocycles. The fourth-order valence-corrected chi connectivity index (χ4v) is 3.40. The Kier molecular flexibility index (Phi) is 6.33. The molecule has 0 aromatic carbocycles. The van der Waals surface area contributed by atoms with Crippen LogP contribution in [0.2, 0.25) is 0 Å². The van der Waals surface area contributed by atoms with Crippen LogP contribution in [0.5, 0.6) is 0 Å². The lowest BCUT2D eigenvalue weighted by Gasteiger charge is -2.23. The summed E-state index contributed by atoms with van der Waals surface area (Å²) >= 11 is 0. The number of aryl methyl sites for hydroxylation is 1. The molecule has 1 aromatic heterocycles. The van der Waals surface area contributed by atoms with Crippen LogP contribution in [-0.4, -0.2) is 55.9 Å². The third-order valence-electron chi connectivity index (χ3n) is 3.71. The van der Waals surface area contributed by atoms with Gasteiger partial charge in [-0.15, -0.1) is 0 Å². The third-order valence-corrected chi connectivity index (χ3v) is 4.33. The first-order chi connectivity index (χ1) is 11.4. The first kappa shape index (κ1) is 18.4. The molecular formula is C16H22N2O5S. The number of carbonyl (C=O) groups is 1. The number of hydrogen-bond donors (Lipinski definition) is 0. The van der Waals surface area contributed by atoms with Crippen molar-refractivity contribution in [1.82, 2.24) is 9.88 Å². The highest BCUT2D eigenvalue weighted by Crippen LogP contribution is 2.25. The van der Waals surface area contributed by atoms with E-state index >= 15 is 0 Å². The molecule has 0 bridgehead atoms. The molecule has 2 rings (SSSR count). The predicted octanol–water partition coefficient (Wildman–Crippen LogP) is 1.76. The topological polar surface area (TPSA) is 85.8 Å². The molecule has 2 atom stereocenters. The van der Waals surface area contributed by atoms with E-state index in [0.29, 0.717) is 19.3 Å². The Morgan fingerprint density at radius 1 is 1.50 bits per heavy atom. The zero-order valence-corrected chi connectivity index (χ0v) is 14.4. The second kappa shape index (κ2) is 8.25. The van der Waals surface area contributed by atoms with Crippen LogP contribution in [0.4, 0.5) is 4.79 Å². The molecule has 2 heterocycles. The number of amides is 1. The Labute approximate surface area is 142 Å². The van der Waals surface area contributed by atoms with Crippen molar-refractivity contribution in [3.8, 4) is 0 Å². The zero-order valence-electron chi connectivity index (χ0n) is 13.6. The van der Waals surface area contributed by atoms with E-state index in [2.05, 4.69) is 11.6 Å². The standard InChI is InChI=1S/C16H22N2O5S/c1-3-10-22-16(19)18-12-15(23-24(2,20)21)11-14(18)8-7-13-6-4-5-9-17-13/h3-6,9,14-15H,1,7-8,10-12H2,2H3/t14-,15-/m1/s1. The number of pyridine rings is 1. The van der Waals surface area contributed by atoms with Crippen LogP contribution in [0, 0.1) is 0 Å². The molecule has 0 radical (unpaired) electrons. The molecular weight excluding hydrogens is 332 g/mol. The van der Waals surface area contributed by atoms with Gasteiger partial charge < -0.3 is 9.64 Å². The molecule has 24 heavy (non-hydrogen) atoms. The molecule has 1 aromatic rings. The number of aromatic nitrogens is 1. The average molecular weight is 354 g/mol. The van der Waals surface area contributed by atoms with Crippen LogP contribution in [-0.2, 0) is 25.5 Å². The van der Waals surface area contributed by atoms with Gasteiger partial charge in [0.25, 0.3) is 10.1 Å². The summed E-state index contributed by atoms with van der Waals surface area (Å²) in [7, 11) is -3.57. The molecule has 132 valence electrons. The van der Waals surface area contributed by atoms with Gasteiger partial charge in [0.05, 0.1) is 18.9 Å². The monoisotopic (exact) mass is 354 g/mol.